The van der Waals surface area contributed by atoms with Gasteiger partial charge in [-0.15, -0.1) is 5.10 Å². The Morgan fingerprint density at radius 1 is 1.55 bits per heavy atom. The van der Waals surface area contributed by atoms with Crippen molar-refractivity contribution in [2.24, 2.45) is 0 Å². The summed E-state index contributed by atoms with van der Waals surface area (Å²) in [5.41, 5.74) is 0.991. The van der Waals surface area contributed by atoms with Gasteiger partial charge < -0.3 is 10.4 Å². The highest BCUT2D eigenvalue weighted by Gasteiger charge is 2.12. The number of nitrogens with one attached hydrogen (secondary N) is 1. The van der Waals surface area contributed by atoms with E-state index in [1.807, 2.05) is 13.1 Å². The molecule has 0 unspecified atom stereocenters. The van der Waals surface area contributed by atoms with Crippen LogP contribution in [0.15, 0.2) is 22.9 Å². The normalized spacial score (nSPS) is 10.5. The first-order chi connectivity index (χ1) is 9.60. The first kappa shape index (κ1) is 14.4. The lowest BCUT2D eigenvalue weighted by Crippen LogP contribution is -2.11. The standard InChI is InChI=1S/C12H14BrN5O2/c1-2-18-7-9(16-17-18)3-4-14-11-10(12(19)20)5-8(13)6-15-11/h5-7H,2-4H2,1H3,(H,14,15)(H,19,20). The Labute approximate surface area is 124 Å². The van der Waals surface area contributed by atoms with Gasteiger partial charge in [-0.2, -0.15) is 0 Å². The van der Waals surface area contributed by atoms with E-state index in [9.17, 15) is 4.79 Å². The van der Waals surface area contributed by atoms with E-state index in [1.54, 1.807) is 10.9 Å². The maximum atomic E-state index is 11.1. The largest absolute Gasteiger partial charge is 0.478 e. The van der Waals surface area contributed by atoms with Crippen molar-refractivity contribution in [3.8, 4) is 0 Å². The van der Waals surface area contributed by atoms with E-state index in [4.69, 9.17) is 5.11 Å². The monoisotopic (exact) mass is 339 g/mol. The van der Waals surface area contributed by atoms with Gasteiger partial charge >= 0.3 is 5.97 Å². The molecule has 0 saturated carbocycles. The maximum Gasteiger partial charge on any atom is 0.339 e. The number of rotatable bonds is 6. The fourth-order valence-corrected chi connectivity index (χ4v) is 1.99. The molecule has 0 aliphatic carbocycles. The van der Waals surface area contributed by atoms with E-state index in [0.29, 0.717) is 23.3 Å². The van der Waals surface area contributed by atoms with E-state index >= 15 is 0 Å². The number of hydrogen-bond acceptors (Lipinski definition) is 5. The van der Waals surface area contributed by atoms with Crippen molar-refractivity contribution in [2.45, 2.75) is 19.9 Å². The summed E-state index contributed by atoms with van der Waals surface area (Å²) in [5.74, 6) is -0.665. The highest BCUT2D eigenvalue weighted by molar-refractivity contribution is 9.10. The number of carboxylic acids is 1. The van der Waals surface area contributed by atoms with Crippen molar-refractivity contribution in [3.63, 3.8) is 0 Å². The lowest BCUT2D eigenvalue weighted by molar-refractivity contribution is 0.0697. The van der Waals surface area contributed by atoms with Crippen LogP contribution in [-0.2, 0) is 13.0 Å². The van der Waals surface area contributed by atoms with Gasteiger partial charge in [-0.3, -0.25) is 4.68 Å². The summed E-state index contributed by atoms with van der Waals surface area (Å²) in [5, 5.41) is 20.1. The minimum absolute atomic E-state index is 0.136. The molecule has 0 aliphatic heterocycles. The molecule has 20 heavy (non-hydrogen) atoms. The van der Waals surface area contributed by atoms with E-state index in [-0.39, 0.29) is 5.56 Å². The van der Waals surface area contributed by atoms with Gasteiger partial charge in [0.2, 0.25) is 0 Å². The molecule has 0 atom stereocenters. The molecule has 0 saturated heterocycles. The second-order valence-corrected chi connectivity index (χ2v) is 5.01. The highest BCUT2D eigenvalue weighted by Crippen LogP contribution is 2.17. The van der Waals surface area contributed by atoms with Crippen LogP contribution in [0.5, 0.6) is 0 Å². The van der Waals surface area contributed by atoms with Crippen molar-refractivity contribution < 1.29 is 9.90 Å². The molecular formula is C12H14BrN5O2. The molecule has 2 aromatic rings. The SMILES string of the molecule is CCn1cc(CCNc2ncc(Br)cc2C(=O)O)nn1. The molecule has 0 aliphatic rings. The third-order valence-electron chi connectivity index (χ3n) is 2.67. The van der Waals surface area contributed by atoms with Crippen LogP contribution in [0.4, 0.5) is 5.82 Å². The number of carbonyl (C=O) groups is 1. The Morgan fingerprint density at radius 2 is 2.35 bits per heavy atom. The molecule has 0 fully saturated rings. The molecular weight excluding hydrogens is 326 g/mol. The number of nitrogens with zero attached hydrogens (tertiary/aromatic N) is 4. The average molecular weight is 340 g/mol. The third-order valence-corrected chi connectivity index (χ3v) is 3.10. The number of pyridine rings is 1. The summed E-state index contributed by atoms with van der Waals surface area (Å²) in [4.78, 5) is 15.2. The van der Waals surface area contributed by atoms with Gasteiger partial charge in [-0.1, -0.05) is 5.21 Å². The summed E-state index contributed by atoms with van der Waals surface area (Å²) >= 11 is 3.21. The first-order valence-electron chi connectivity index (χ1n) is 6.12. The molecule has 0 radical (unpaired) electrons. The summed E-state index contributed by atoms with van der Waals surface area (Å²) in [6, 6.07) is 1.52. The van der Waals surface area contributed by atoms with Crippen LogP contribution in [0.3, 0.4) is 0 Å². The molecule has 2 N–H and O–H groups in total. The zero-order valence-electron chi connectivity index (χ0n) is 10.9. The Hall–Kier alpha value is -1.96. The summed E-state index contributed by atoms with van der Waals surface area (Å²) < 4.78 is 2.38. The fourth-order valence-electron chi connectivity index (χ4n) is 1.66. The van der Waals surface area contributed by atoms with Crippen molar-refractivity contribution in [2.75, 3.05) is 11.9 Å². The first-order valence-corrected chi connectivity index (χ1v) is 6.91. The van der Waals surface area contributed by atoms with Crippen molar-refractivity contribution in [1.29, 1.82) is 0 Å². The second kappa shape index (κ2) is 6.47. The van der Waals surface area contributed by atoms with Gasteiger partial charge in [0.05, 0.1) is 5.69 Å². The van der Waals surface area contributed by atoms with Crippen LogP contribution in [-0.4, -0.2) is 37.6 Å². The van der Waals surface area contributed by atoms with Crippen LogP contribution in [0, 0.1) is 0 Å². The molecule has 8 heteroatoms. The van der Waals surface area contributed by atoms with Crippen LogP contribution in [0.1, 0.15) is 23.0 Å². The quantitative estimate of drug-likeness (QED) is 0.833. The van der Waals surface area contributed by atoms with Gasteiger partial charge in [0, 0.05) is 36.4 Å². The van der Waals surface area contributed by atoms with E-state index in [2.05, 4.69) is 36.5 Å². The van der Waals surface area contributed by atoms with Gasteiger partial charge in [0.1, 0.15) is 11.4 Å². The topological polar surface area (TPSA) is 92.9 Å². The number of aromatic nitrogens is 4. The molecule has 7 nitrogen and oxygen atoms in total. The molecule has 0 spiro atoms. The molecule has 2 aromatic heterocycles. The van der Waals surface area contributed by atoms with E-state index in [1.165, 1.54) is 6.07 Å². The smallest absolute Gasteiger partial charge is 0.339 e. The van der Waals surface area contributed by atoms with Crippen molar-refractivity contribution in [1.82, 2.24) is 20.0 Å². The van der Waals surface area contributed by atoms with Gasteiger partial charge in [0.15, 0.2) is 0 Å². The van der Waals surface area contributed by atoms with Crippen LogP contribution in [0.2, 0.25) is 0 Å². The maximum absolute atomic E-state index is 11.1. The Balaban J connectivity index is 1.98. The van der Waals surface area contributed by atoms with Crippen molar-refractivity contribution >= 4 is 27.7 Å². The Bertz CT molecular complexity index is 614. The summed E-state index contributed by atoms with van der Waals surface area (Å²) in [6.45, 7) is 3.30. The number of aromatic carboxylic acids is 1. The number of hydrogen-bond donors (Lipinski definition) is 2. The van der Waals surface area contributed by atoms with Gasteiger partial charge in [-0.25, -0.2) is 9.78 Å². The van der Waals surface area contributed by atoms with Crippen molar-refractivity contribution in [3.05, 3.63) is 34.2 Å². The lowest BCUT2D eigenvalue weighted by atomic mass is 10.2. The minimum Gasteiger partial charge on any atom is -0.478 e. The lowest BCUT2D eigenvalue weighted by Gasteiger charge is -2.07. The number of anilines is 1. The summed E-state index contributed by atoms with van der Waals surface area (Å²) in [7, 11) is 0. The zero-order chi connectivity index (χ0) is 14.5. The molecule has 0 amide bonds. The van der Waals surface area contributed by atoms with E-state index in [0.717, 1.165) is 12.2 Å². The number of halogens is 1. The van der Waals surface area contributed by atoms with E-state index < -0.39 is 5.97 Å². The molecule has 0 aromatic carbocycles. The fraction of sp³-hybridized carbons (Fsp3) is 0.333. The Morgan fingerprint density at radius 3 is 3.00 bits per heavy atom. The highest BCUT2D eigenvalue weighted by atomic mass is 79.9. The average Bonchev–Trinajstić information content (AvgIpc) is 2.88. The van der Waals surface area contributed by atoms with Crippen LogP contribution >= 0.6 is 15.9 Å². The minimum atomic E-state index is -1.02. The van der Waals surface area contributed by atoms with Crippen LogP contribution < -0.4 is 5.32 Å². The second-order valence-electron chi connectivity index (χ2n) is 4.10. The predicted molar refractivity (Wildman–Crippen MR) is 76.8 cm³/mol. The predicted octanol–water partition coefficient (Wildman–Crippen LogP) is 1.81. The Kier molecular flexibility index (Phi) is 4.67. The number of aryl methyl sites for hydroxylation is 1. The molecule has 106 valence electrons. The number of carboxylic acid groups (broad SMARTS) is 1. The molecule has 0 bridgehead atoms. The van der Waals surface area contributed by atoms with Gasteiger partial charge in [0.25, 0.3) is 0 Å². The van der Waals surface area contributed by atoms with Crippen LogP contribution in [0.25, 0.3) is 0 Å². The molecule has 2 rings (SSSR count). The molecule has 2 heterocycles. The summed E-state index contributed by atoms with van der Waals surface area (Å²) in [6.07, 6.45) is 4.08. The van der Waals surface area contributed by atoms with Gasteiger partial charge in [-0.05, 0) is 28.9 Å². The zero-order valence-corrected chi connectivity index (χ0v) is 12.5. The third kappa shape index (κ3) is 3.53.